The number of hydrogen-bond acceptors (Lipinski definition) is 3. The van der Waals surface area contributed by atoms with E-state index in [-0.39, 0.29) is 24.2 Å². The second-order valence-corrected chi connectivity index (χ2v) is 6.80. The molecule has 0 saturated heterocycles. The smallest absolute Gasteiger partial charge is 0.264 e. The highest BCUT2D eigenvalue weighted by atomic mass is 32.1. The molecule has 0 aliphatic carbocycles. The van der Waals surface area contributed by atoms with Gasteiger partial charge in [-0.25, -0.2) is 4.39 Å². The first kappa shape index (κ1) is 17.1. The molecule has 3 aromatic rings. The molecule has 4 nitrogen and oxygen atoms in total. The largest absolute Gasteiger partial charge is 0.332 e. The molecule has 0 spiro atoms. The third-order valence-electron chi connectivity index (χ3n) is 3.88. The van der Waals surface area contributed by atoms with E-state index < -0.39 is 0 Å². The van der Waals surface area contributed by atoms with Crippen LogP contribution in [0, 0.1) is 12.7 Å². The van der Waals surface area contributed by atoms with Gasteiger partial charge in [0.2, 0.25) is 5.91 Å². The number of amides is 2. The van der Waals surface area contributed by atoms with Crippen LogP contribution in [0.3, 0.4) is 0 Å². The van der Waals surface area contributed by atoms with Gasteiger partial charge in [-0.1, -0.05) is 24.3 Å². The fourth-order valence-corrected chi connectivity index (χ4v) is 3.86. The summed E-state index contributed by atoms with van der Waals surface area (Å²) in [5.74, 6) is -0.914. The van der Waals surface area contributed by atoms with Gasteiger partial charge >= 0.3 is 0 Å². The van der Waals surface area contributed by atoms with Gasteiger partial charge in [-0.05, 0) is 36.8 Å². The quantitative estimate of drug-likeness (QED) is 0.766. The number of thiophene rings is 1. The molecule has 0 unspecified atom stereocenters. The fourth-order valence-electron chi connectivity index (χ4n) is 2.64. The van der Waals surface area contributed by atoms with E-state index in [9.17, 15) is 14.0 Å². The number of para-hydroxylation sites is 1. The Bertz CT molecular complexity index is 937. The summed E-state index contributed by atoms with van der Waals surface area (Å²) < 4.78 is 14.7. The number of halogens is 1. The highest BCUT2D eigenvalue weighted by Crippen LogP contribution is 2.33. The zero-order valence-electron chi connectivity index (χ0n) is 13.9. The highest BCUT2D eigenvalue weighted by molar-refractivity contribution is 7.21. The molecule has 1 heterocycles. The Morgan fingerprint density at radius 2 is 1.84 bits per heavy atom. The Morgan fingerprint density at radius 3 is 2.52 bits per heavy atom. The van der Waals surface area contributed by atoms with Crippen LogP contribution in [-0.4, -0.2) is 30.3 Å². The number of carbonyl (C=O) groups excluding carboxylic acids is 2. The molecular formula is C19H17FN2O2S. The average Bonchev–Trinajstić information content (AvgIpc) is 2.93. The van der Waals surface area contributed by atoms with Gasteiger partial charge in [-0.2, -0.15) is 0 Å². The van der Waals surface area contributed by atoms with Crippen LogP contribution in [0.5, 0.6) is 0 Å². The highest BCUT2D eigenvalue weighted by Gasteiger charge is 2.22. The topological polar surface area (TPSA) is 49.4 Å². The number of likely N-dealkylation sites (N-methyl/N-ethyl adjacent to an activating group) is 1. The third-order valence-corrected chi connectivity index (χ3v) is 5.13. The molecule has 1 N–H and O–H groups in total. The number of fused-ring (bicyclic) bond motifs is 1. The van der Waals surface area contributed by atoms with Crippen molar-refractivity contribution in [2.45, 2.75) is 6.92 Å². The maximum Gasteiger partial charge on any atom is 0.264 e. The summed E-state index contributed by atoms with van der Waals surface area (Å²) in [7, 11) is 1.56. The molecule has 6 heteroatoms. The number of nitrogens with one attached hydrogen (secondary N) is 1. The van der Waals surface area contributed by atoms with Crippen LogP contribution >= 0.6 is 11.3 Å². The average molecular weight is 356 g/mol. The molecule has 0 aliphatic heterocycles. The molecule has 25 heavy (non-hydrogen) atoms. The standard InChI is InChI=1S/C19H17FN2O2S/c1-12-17-14(20)9-6-10-15(17)25-18(12)19(24)22(2)11-16(23)21-13-7-4-3-5-8-13/h3-10H,11H2,1-2H3,(H,21,23). The van der Waals surface area contributed by atoms with Crippen LogP contribution in [0.4, 0.5) is 10.1 Å². The Labute approximate surface area is 148 Å². The van der Waals surface area contributed by atoms with Gasteiger partial charge in [0.1, 0.15) is 5.82 Å². The number of benzene rings is 2. The van der Waals surface area contributed by atoms with Crippen LogP contribution < -0.4 is 5.32 Å². The van der Waals surface area contributed by atoms with Crippen molar-refractivity contribution in [1.82, 2.24) is 4.90 Å². The summed E-state index contributed by atoms with van der Waals surface area (Å²) in [4.78, 5) is 26.6. The maximum absolute atomic E-state index is 14.0. The van der Waals surface area contributed by atoms with Gasteiger partial charge in [-0.3, -0.25) is 9.59 Å². The summed E-state index contributed by atoms with van der Waals surface area (Å²) in [6, 6.07) is 13.8. The third kappa shape index (κ3) is 3.53. The van der Waals surface area contributed by atoms with Gasteiger partial charge in [0, 0.05) is 22.8 Å². The molecule has 0 fully saturated rings. The molecule has 0 saturated carbocycles. The van der Waals surface area contributed by atoms with Crippen LogP contribution in [0.1, 0.15) is 15.2 Å². The minimum Gasteiger partial charge on any atom is -0.332 e. The Kier molecular flexibility index (Phi) is 4.81. The lowest BCUT2D eigenvalue weighted by atomic mass is 10.1. The second kappa shape index (κ2) is 7.03. The molecule has 3 rings (SSSR count). The van der Waals surface area contributed by atoms with Crippen molar-refractivity contribution >= 4 is 38.9 Å². The normalized spacial score (nSPS) is 10.7. The van der Waals surface area contributed by atoms with Gasteiger partial charge < -0.3 is 10.2 Å². The summed E-state index contributed by atoms with van der Waals surface area (Å²) in [5.41, 5.74) is 1.28. The van der Waals surface area contributed by atoms with E-state index in [2.05, 4.69) is 5.32 Å². The number of rotatable bonds is 4. The number of carbonyl (C=O) groups is 2. The first-order valence-corrected chi connectivity index (χ1v) is 8.57. The summed E-state index contributed by atoms with van der Waals surface area (Å²) in [6.07, 6.45) is 0. The van der Waals surface area contributed by atoms with Crippen LogP contribution in [0.25, 0.3) is 10.1 Å². The molecule has 0 aliphatic rings. The van der Waals surface area contributed by atoms with Crippen LogP contribution in [-0.2, 0) is 4.79 Å². The molecule has 1 aromatic heterocycles. The van der Waals surface area contributed by atoms with Gasteiger partial charge in [0.15, 0.2) is 0 Å². The molecular weight excluding hydrogens is 339 g/mol. The summed E-state index contributed by atoms with van der Waals surface area (Å²) in [6.45, 7) is 1.65. The summed E-state index contributed by atoms with van der Waals surface area (Å²) >= 11 is 1.24. The van der Waals surface area contributed by atoms with Gasteiger partial charge in [-0.15, -0.1) is 11.3 Å². The molecule has 2 amide bonds. The van der Waals surface area contributed by atoms with Crippen LogP contribution in [0.15, 0.2) is 48.5 Å². The Balaban J connectivity index is 1.75. The lowest BCUT2D eigenvalue weighted by Crippen LogP contribution is -2.34. The zero-order valence-corrected chi connectivity index (χ0v) is 14.7. The van der Waals surface area contributed by atoms with Crippen molar-refractivity contribution in [1.29, 1.82) is 0 Å². The Hall–Kier alpha value is -2.73. The van der Waals surface area contributed by atoms with Crippen molar-refractivity contribution in [3.05, 3.63) is 64.8 Å². The minimum absolute atomic E-state index is 0.0795. The van der Waals surface area contributed by atoms with E-state index in [0.29, 0.717) is 21.5 Å². The monoisotopic (exact) mass is 356 g/mol. The molecule has 128 valence electrons. The van der Waals surface area contributed by atoms with Crippen molar-refractivity contribution in [3.63, 3.8) is 0 Å². The van der Waals surface area contributed by atoms with Gasteiger partial charge in [0.25, 0.3) is 5.91 Å². The van der Waals surface area contributed by atoms with Crippen molar-refractivity contribution in [3.8, 4) is 0 Å². The lowest BCUT2D eigenvalue weighted by molar-refractivity contribution is -0.116. The van der Waals surface area contributed by atoms with Crippen molar-refractivity contribution in [2.75, 3.05) is 18.9 Å². The zero-order chi connectivity index (χ0) is 18.0. The number of anilines is 1. The summed E-state index contributed by atoms with van der Waals surface area (Å²) in [5, 5.41) is 3.21. The number of aryl methyl sites for hydroxylation is 1. The molecule has 0 atom stereocenters. The first-order chi connectivity index (χ1) is 12.0. The van der Waals surface area contributed by atoms with E-state index >= 15 is 0 Å². The Morgan fingerprint density at radius 1 is 1.12 bits per heavy atom. The first-order valence-electron chi connectivity index (χ1n) is 7.75. The van der Waals surface area contributed by atoms with Gasteiger partial charge in [0.05, 0.1) is 11.4 Å². The van der Waals surface area contributed by atoms with Crippen molar-refractivity contribution < 1.29 is 14.0 Å². The van der Waals surface area contributed by atoms with E-state index in [1.54, 1.807) is 38.2 Å². The number of hydrogen-bond donors (Lipinski definition) is 1. The van der Waals surface area contributed by atoms with E-state index in [0.717, 1.165) is 4.70 Å². The number of nitrogens with zero attached hydrogens (tertiary/aromatic N) is 1. The molecule has 0 bridgehead atoms. The predicted octanol–water partition coefficient (Wildman–Crippen LogP) is 4.06. The predicted molar refractivity (Wildman–Crippen MR) is 98.6 cm³/mol. The second-order valence-electron chi connectivity index (χ2n) is 5.74. The van der Waals surface area contributed by atoms with Crippen LogP contribution in [0.2, 0.25) is 0 Å². The fraction of sp³-hybridized carbons (Fsp3) is 0.158. The maximum atomic E-state index is 14.0. The van der Waals surface area contributed by atoms with Crippen molar-refractivity contribution in [2.24, 2.45) is 0 Å². The molecule has 0 radical (unpaired) electrons. The van der Waals surface area contributed by atoms with E-state index in [4.69, 9.17) is 0 Å². The molecule has 2 aromatic carbocycles. The lowest BCUT2D eigenvalue weighted by Gasteiger charge is -2.16. The van der Waals surface area contributed by atoms with E-state index in [1.165, 1.54) is 22.3 Å². The SMILES string of the molecule is Cc1c(C(=O)N(C)CC(=O)Nc2ccccc2)sc2cccc(F)c12. The van der Waals surface area contributed by atoms with E-state index in [1.807, 2.05) is 18.2 Å². The minimum atomic E-state index is -0.338.